The van der Waals surface area contributed by atoms with Crippen LogP contribution in [0.15, 0.2) is 200 Å². The van der Waals surface area contributed by atoms with E-state index in [0.29, 0.717) is 0 Å². The molecule has 0 saturated heterocycles. The number of nitrogens with zero attached hydrogens (tertiary/aromatic N) is 5. The molecule has 270 valence electrons. The molecular formula is C53H33N5. The van der Waals surface area contributed by atoms with Crippen LogP contribution in [-0.2, 0) is 0 Å². The third-order valence-electron chi connectivity index (χ3n) is 11.6. The molecule has 3 aromatic heterocycles. The fourth-order valence-electron chi connectivity index (χ4n) is 8.72. The minimum absolute atomic E-state index is 0.813. The highest BCUT2D eigenvalue weighted by atomic mass is 15.3. The van der Waals surface area contributed by atoms with E-state index in [9.17, 15) is 0 Å². The van der Waals surface area contributed by atoms with Gasteiger partial charge in [-0.2, -0.15) is 0 Å². The van der Waals surface area contributed by atoms with Gasteiger partial charge >= 0.3 is 0 Å². The van der Waals surface area contributed by atoms with Crippen molar-refractivity contribution in [3.8, 4) is 50.7 Å². The summed E-state index contributed by atoms with van der Waals surface area (Å²) in [6, 6.07) is 71.3. The summed E-state index contributed by atoms with van der Waals surface area (Å²) in [5, 5.41) is 17.7. The Morgan fingerprint density at radius 1 is 0.328 bits per heavy atom. The van der Waals surface area contributed by atoms with Gasteiger partial charge in [-0.1, -0.05) is 146 Å². The summed E-state index contributed by atoms with van der Waals surface area (Å²) in [5.41, 5.74) is 12.1. The summed E-state index contributed by atoms with van der Waals surface area (Å²) in [4.78, 5) is 5.14. The molecule has 9 aromatic carbocycles. The van der Waals surface area contributed by atoms with Crippen molar-refractivity contribution in [3.63, 3.8) is 0 Å². The Balaban J connectivity index is 0.902. The van der Waals surface area contributed by atoms with Crippen LogP contribution in [0.25, 0.3) is 111 Å². The molecule has 3 heterocycles. The molecule has 0 spiro atoms. The predicted molar refractivity (Wildman–Crippen MR) is 239 cm³/mol. The van der Waals surface area contributed by atoms with Crippen LogP contribution >= 0.6 is 0 Å². The Bertz CT molecular complexity index is 3510. The van der Waals surface area contributed by atoms with E-state index in [1.807, 2.05) is 36.4 Å². The van der Waals surface area contributed by atoms with Crippen LogP contribution in [0.3, 0.4) is 0 Å². The second-order valence-corrected chi connectivity index (χ2v) is 15.0. The lowest BCUT2D eigenvalue weighted by molar-refractivity contribution is 1.08. The lowest BCUT2D eigenvalue weighted by Crippen LogP contribution is -2.00. The smallest absolute Gasteiger partial charge is 0.168 e. The molecule has 58 heavy (non-hydrogen) atoms. The average molecular weight is 740 g/mol. The van der Waals surface area contributed by atoms with E-state index in [-0.39, 0.29) is 0 Å². The van der Waals surface area contributed by atoms with Gasteiger partial charge in [0, 0.05) is 27.6 Å². The van der Waals surface area contributed by atoms with Crippen molar-refractivity contribution in [3.05, 3.63) is 200 Å². The van der Waals surface area contributed by atoms with Crippen molar-refractivity contribution in [1.82, 2.24) is 24.1 Å². The maximum atomic E-state index is 5.14. The maximum absolute atomic E-state index is 5.14. The lowest BCUT2D eigenvalue weighted by Gasteiger charge is -2.13. The van der Waals surface area contributed by atoms with Crippen molar-refractivity contribution in [2.45, 2.75) is 0 Å². The van der Waals surface area contributed by atoms with E-state index in [0.717, 1.165) is 55.9 Å². The van der Waals surface area contributed by atoms with Gasteiger partial charge in [0.25, 0.3) is 0 Å². The largest absolute Gasteiger partial charge is 0.292 e. The summed E-state index contributed by atoms with van der Waals surface area (Å²) >= 11 is 0. The van der Waals surface area contributed by atoms with Gasteiger partial charge in [0.05, 0.1) is 16.6 Å². The molecule has 0 aliphatic rings. The van der Waals surface area contributed by atoms with Crippen LogP contribution in [-0.4, -0.2) is 24.1 Å². The van der Waals surface area contributed by atoms with Gasteiger partial charge in [0.1, 0.15) is 5.65 Å². The second-order valence-electron chi connectivity index (χ2n) is 15.0. The monoisotopic (exact) mass is 739 g/mol. The zero-order valence-corrected chi connectivity index (χ0v) is 31.3. The Kier molecular flexibility index (Phi) is 7.16. The van der Waals surface area contributed by atoms with Gasteiger partial charge in [-0.05, 0) is 104 Å². The molecule has 0 aliphatic heterocycles. The minimum atomic E-state index is 0.813. The van der Waals surface area contributed by atoms with Gasteiger partial charge in [0.15, 0.2) is 11.6 Å². The number of benzene rings is 9. The van der Waals surface area contributed by atoms with Crippen molar-refractivity contribution < 1.29 is 0 Å². The first-order chi connectivity index (χ1) is 28.7. The fraction of sp³-hybridized carbons (Fsp3) is 0. The molecule has 0 bridgehead atoms. The first-order valence-corrected chi connectivity index (χ1v) is 19.6. The Hall–Kier alpha value is -7.89. The molecule has 0 atom stereocenters. The highest BCUT2D eigenvalue weighted by Gasteiger charge is 2.18. The molecule has 5 heteroatoms. The van der Waals surface area contributed by atoms with Crippen molar-refractivity contribution in [2.75, 3.05) is 0 Å². The number of fused-ring (bicyclic) bond motifs is 10. The third-order valence-corrected chi connectivity index (χ3v) is 11.6. The molecule has 0 amide bonds. The number of hydrogen-bond acceptors (Lipinski definition) is 3. The van der Waals surface area contributed by atoms with Gasteiger partial charge < -0.3 is 0 Å². The van der Waals surface area contributed by atoms with E-state index in [2.05, 4.69) is 183 Å². The number of para-hydroxylation sites is 3. The van der Waals surface area contributed by atoms with Crippen LogP contribution in [0.4, 0.5) is 0 Å². The van der Waals surface area contributed by atoms with Gasteiger partial charge in [0.2, 0.25) is 0 Å². The van der Waals surface area contributed by atoms with E-state index in [4.69, 9.17) is 4.98 Å². The molecule has 0 aliphatic carbocycles. The molecule has 5 nitrogen and oxygen atoms in total. The zero-order chi connectivity index (χ0) is 38.2. The van der Waals surface area contributed by atoms with Gasteiger partial charge in [-0.25, -0.2) is 4.98 Å². The van der Waals surface area contributed by atoms with Crippen molar-refractivity contribution in [2.24, 2.45) is 0 Å². The van der Waals surface area contributed by atoms with E-state index in [1.54, 1.807) is 0 Å². The van der Waals surface area contributed by atoms with E-state index >= 15 is 0 Å². The summed E-state index contributed by atoms with van der Waals surface area (Å²) in [6.07, 6.45) is 0. The minimum Gasteiger partial charge on any atom is -0.292 e. The normalized spacial score (nSPS) is 11.8. The molecule has 0 saturated carbocycles. The topological polar surface area (TPSA) is 48.0 Å². The van der Waals surface area contributed by atoms with E-state index < -0.39 is 0 Å². The van der Waals surface area contributed by atoms with Crippen LogP contribution in [0.5, 0.6) is 0 Å². The molecular weight excluding hydrogens is 707 g/mol. The molecule has 12 aromatic rings. The molecule has 0 N–H and O–H groups in total. The second kappa shape index (κ2) is 12.8. The third kappa shape index (κ3) is 5.14. The molecule has 0 radical (unpaired) electrons. The summed E-state index contributed by atoms with van der Waals surface area (Å²) in [6.45, 7) is 0. The number of pyridine rings is 1. The van der Waals surface area contributed by atoms with Gasteiger partial charge in [-0.15, -0.1) is 10.2 Å². The first-order valence-electron chi connectivity index (χ1n) is 19.6. The Morgan fingerprint density at radius 3 is 1.47 bits per heavy atom. The van der Waals surface area contributed by atoms with Crippen LogP contribution in [0, 0.1) is 0 Å². The first kappa shape index (κ1) is 32.4. The van der Waals surface area contributed by atoms with Crippen LogP contribution in [0.2, 0.25) is 0 Å². The average Bonchev–Trinajstić information content (AvgIpc) is 3.92. The number of imidazole rings is 1. The van der Waals surface area contributed by atoms with Crippen molar-refractivity contribution >= 4 is 59.9 Å². The van der Waals surface area contributed by atoms with Crippen LogP contribution < -0.4 is 0 Å². The van der Waals surface area contributed by atoms with Gasteiger partial charge in [-0.3, -0.25) is 8.97 Å². The quantitative estimate of drug-likeness (QED) is 0.165. The summed E-state index contributed by atoms with van der Waals surface area (Å²) < 4.78 is 4.47. The van der Waals surface area contributed by atoms with Crippen LogP contribution in [0.1, 0.15) is 0 Å². The number of rotatable bonds is 5. The Labute approximate surface area is 333 Å². The molecule has 0 fully saturated rings. The highest BCUT2D eigenvalue weighted by molar-refractivity contribution is 6.14. The summed E-state index contributed by atoms with van der Waals surface area (Å²) in [7, 11) is 0. The molecule has 12 rings (SSSR count). The SMILES string of the molecule is c1ccc(-c2nnc(-c3ccccc3)n2-c2ccc3cc(-c4ccc5cc(-c6ccc7c8ccccc8n8c9ccccc9nc8c7c6)ccc5c4)ccc3c2)cc1. The lowest BCUT2D eigenvalue weighted by atomic mass is 9.95. The number of aromatic nitrogens is 5. The highest BCUT2D eigenvalue weighted by Crippen LogP contribution is 2.37. The standard InChI is InChI=1S/C53H33N5/c1-3-11-34(12-4-1)51-55-56-52(35-13-5-2-6-14-35)57(51)44-27-25-41-31-39(23-24-42(41)32-44)36-19-20-38-30-40(22-21-37(38)29-36)43-26-28-45-46-15-7-9-17-49(46)58-50-18-10-8-16-48(50)54-53(58)47(45)33-43/h1-33H. The fourth-order valence-corrected chi connectivity index (χ4v) is 8.72. The summed E-state index contributed by atoms with van der Waals surface area (Å²) in [5.74, 6) is 1.63. The molecule has 0 unspecified atom stereocenters. The van der Waals surface area contributed by atoms with Crippen molar-refractivity contribution in [1.29, 1.82) is 0 Å². The predicted octanol–water partition coefficient (Wildman–Crippen LogP) is 13.3. The van der Waals surface area contributed by atoms with E-state index in [1.165, 1.54) is 54.7 Å². The number of hydrogen-bond donors (Lipinski definition) is 0. The zero-order valence-electron chi connectivity index (χ0n) is 31.3. The Morgan fingerprint density at radius 2 is 0.828 bits per heavy atom. The maximum Gasteiger partial charge on any atom is 0.168 e.